The van der Waals surface area contributed by atoms with E-state index in [2.05, 4.69) is 10.3 Å². The Balaban J connectivity index is 2.05. The highest BCUT2D eigenvalue weighted by Gasteiger charge is 2.31. The van der Waals surface area contributed by atoms with Gasteiger partial charge in [0.15, 0.2) is 0 Å². The second-order valence-corrected chi connectivity index (χ2v) is 5.80. The maximum Gasteiger partial charge on any atom is 0.416 e. The molecule has 9 heteroatoms. The van der Waals surface area contributed by atoms with E-state index in [1.54, 1.807) is 31.4 Å². The highest BCUT2D eigenvalue weighted by Crippen LogP contribution is 2.34. The molecule has 1 heterocycles. The van der Waals surface area contributed by atoms with Gasteiger partial charge in [-0.3, -0.25) is 0 Å². The Hall–Kier alpha value is -2.58. The quantitative estimate of drug-likeness (QED) is 0.738. The van der Waals surface area contributed by atoms with E-state index in [1.807, 2.05) is 0 Å². The third kappa shape index (κ3) is 3.38. The normalized spacial score (nSPS) is 11.6. The van der Waals surface area contributed by atoms with Crippen LogP contribution >= 0.6 is 11.6 Å². The zero-order chi connectivity index (χ0) is 18.9. The van der Waals surface area contributed by atoms with Crippen LogP contribution in [0.15, 0.2) is 42.5 Å². The van der Waals surface area contributed by atoms with E-state index in [4.69, 9.17) is 22.1 Å². The third-order valence-electron chi connectivity index (χ3n) is 3.82. The second kappa shape index (κ2) is 6.97. The molecule has 0 aliphatic rings. The fraction of sp³-hybridized carbons (Fsp3) is 0.176. The van der Waals surface area contributed by atoms with Crippen molar-refractivity contribution in [3.8, 4) is 22.7 Å². The summed E-state index contributed by atoms with van der Waals surface area (Å²) in [5, 5.41) is 8.03. The largest absolute Gasteiger partial charge is 0.497 e. The molecular weight excluding hydrogens is 369 g/mol. The monoisotopic (exact) mass is 382 g/mol. The average Bonchev–Trinajstić information content (AvgIpc) is 3.04. The molecule has 5 nitrogen and oxygen atoms in total. The minimum absolute atomic E-state index is 0.0751. The van der Waals surface area contributed by atoms with Gasteiger partial charge >= 0.3 is 6.18 Å². The van der Waals surface area contributed by atoms with Gasteiger partial charge in [0.25, 0.3) is 0 Å². The van der Waals surface area contributed by atoms with Gasteiger partial charge in [0.05, 0.1) is 29.1 Å². The summed E-state index contributed by atoms with van der Waals surface area (Å²) in [4.78, 5) is 0. The van der Waals surface area contributed by atoms with Gasteiger partial charge in [-0.15, -0.1) is 5.10 Å². The van der Waals surface area contributed by atoms with Gasteiger partial charge in [-0.25, -0.2) is 4.68 Å². The molecule has 0 spiro atoms. The number of methoxy groups -OCH3 is 1. The molecule has 0 saturated heterocycles. The Morgan fingerprint density at radius 1 is 1.15 bits per heavy atom. The number of aromatic nitrogens is 3. The molecule has 2 N–H and O–H groups in total. The topological polar surface area (TPSA) is 66.0 Å². The summed E-state index contributed by atoms with van der Waals surface area (Å²) in [5.74, 6) is 0.682. The van der Waals surface area contributed by atoms with Crippen LogP contribution in [0.1, 0.15) is 11.3 Å². The van der Waals surface area contributed by atoms with Crippen molar-refractivity contribution in [1.29, 1.82) is 0 Å². The van der Waals surface area contributed by atoms with Crippen LogP contribution in [0.25, 0.3) is 16.9 Å². The first-order valence-corrected chi connectivity index (χ1v) is 7.89. The number of hydrogen-bond acceptors (Lipinski definition) is 4. The number of rotatable bonds is 4. The van der Waals surface area contributed by atoms with Gasteiger partial charge in [-0.1, -0.05) is 16.8 Å². The molecule has 0 amide bonds. The van der Waals surface area contributed by atoms with E-state index in [-0.39, 0.29) is 17.3 Å². The average molecular weight is 383 g/mol. The fourth-order valence-electron chi connectivity index (χ4n) is 2.51. The number of alkyl halides is 3. The molecule has 0 unspecified atom stereocenters. The summed E-state index contributed by atoms with van der Waals surface area (Å²) in [6.45, 7) is 0.0751. The summed E-state index contributed by atoms with van der Waals surface area (Å²) in [6, 6.07) is 10.2. The number of ether oxygens (including phenoxy) is 1. The van der Waals surface area contributed by atoms with Crippen LogP contribution in [-0.2, 0) is 12.7 Å². The molecule has 0 aliphatic carbocycles. The third-order valence-corrected chi connectivity index (χ3v) is 4.13. The molecule has 1 aromatic heterocycles. The van der Waals surface area contributed by atoms with Crippen molar-refractivity contribution in [2.45, 2.75) is 12.7 Å². The first kappa shape index (κ1) is 18.2. The maximum atomic E-state index is 12.8. The van der Waals surface area contributed by atoms with E-state index in [9.17, 15) is 13.2 Å². The van der Waals surface area contributed by atoms with E-state index in [0.29, 0.717) is 17.1 Å². The van der Waals surface area contributed by atoms with Gasteiger partial charge in [0.1, 0.15) is 11.4 Å². The molecule has 3 rings (SSSR count). The fourth-order valence-corrected chi connectivity index (χ4v) is 2.77. The molecule has 0 bridgehead atoms. The second-order valence-electron chi connectivity index (χ2n) is 5.39. The van der Waals surface area contributed by atoms with Crippen LogP contribution in [0.2, 0.25) is 5.02 Å². The minimum Gasteiger partial charge on any atom is -0.497 e. The van der Waals surface area contributed by atoms with Gasteiger partial charge in [-0.05, 0) is 42.5 Å². The standard InChI is InChI=1S/C17H14ClF3N4O/c1-26-12-5-2-10(3-6-12)16-15(9-22)25(24-23-16)14-7-4-11(8-13(14)18)17(19,20)21/h2-8H,9,22H2,1H3. The van der Waals surface area contributed by atoms with Gasteiger partial charge in [0, 0.05) is 12.1 Å². The smallest absolute Gasteiger partial charge is 0.416 e. The van der Waals surface area contributed by atoms with Crippen molar-refractivity contribution in [3.63, 3.8) is 0 Å². The lowest BCUT2D eigenvalue weighted by atomic mass is 10.1. The Morgan fingerprint density at radius 3 is 2.38 bits per heavy atom. The summed E-state index contributed by atoms with van der Waals surface area (Å²) in [5.41, 5.74) is 7.06. The van der Waals surface area contributed by atoms with E-state index in [1.165, 1.54) is 10.7 Å². The zero-order valence-electron chi connectivity index (χ0n) is 13.6. The summed E-state index contributed by atoms with van der Waals surface area (Å²) in [6.07, 6.45) is -4.48. The molecule has 0 atom stereocenters. The number of nitrogens with two attached hydrogens (primary N) is 1. The maximum absolute atomic E-state index is 12.8. The molecule has 26 heavy (non-hydrogen) atoms. The van der Waals surface area contributed by atoms with Crippen molar-refractivity contribution < 1.29 is 17.9 Å². The summed E-state index contributed by atoms with van der Waals surface area (Å²) < 4.78 is 44.9. The molecule has 136 valence electrons. The van der Waals surface area contributed by atoms with E-state index < -0.39 is 11.7 Å². The van der Waals surface area contributed by atoms with Gasteiger partial charge < -0.3 is 10.5 Å². The Labute approximate surface area is 152 Å². The number of halogens is 4. The number of benzene rings is 2. The predicted molar refractivity (Wildman–Crippen MR) is 91.3 cm³/mol. The van der Waals surface area contributed by atoms with Crippen molar-refractivity contribution in [3.05, 3.63) is 58.7 Å². The molecule has 0 saturated carbocycles. The first-order chi connectivity index (χ1) is 12.3. The van der Waals surface area contributed by atoms with Gasteiger partial charge in [0.2, 0.25) is 0 Å². The SMILES string of the molecule is COc1ccc(-c2nnn(-c3ccc(C(F)(F)F)cc3Cl)c2CN)cc1. The van der Waals surface area contributed by atoms with Crippen molar-refractivity contribution in [2.24, 2.45) is 5.73 Å². The molecule has 2 aromatic carbocycles. The Kier molecular flexibility index (Phi) is 4.88. The number of nitrogens with zero attached hydrogens (tertiary/aromatic N) is 3. The summed E-state index contributed by atoms with van der Waals surface area (Å²) >= 11 is 6.05. The lowest BCUT2D eigenvalue weighted by Crippen LogP contribution is -2.10. The molecule has 0 radical (unpaired) electrons. The predicted octanol–water partition coefficient (Wildman–Crippen LogP) is 4.07. The Morgan fingerprint density at radius 2 is 1.85 bits per heavy atom. The molecular formula is C17H14ClF3N4O. The highest BCUT2D eigenvalue weighted by atomic mass is 35.5. The van der Waals surface area contributed by atoms with Crippen LogP contribution in [0.5, 0.6) is 5.75 Å². The molecule has 0 fully saturated rings. The zero-order valence-corrected chi connectivity index (χ0v) is 14.3. The van der Waals surface area contributed by atoms with Crippen molar-refractivity contribution in [2.75, 3.05) is 7.11 Å². The van der Waals surface area contributed by atoms with E-state index in [0.717, 1.165) is 17.7 Å². The van der Waals surface area contributed by atoms with Gasteiger partial charge in [-0.2, -0.15) is 13.2 Å². The minimum atomic E-state index is -4.48. The lowest BCUT2D eigenvalue weighted by Gasteiger charge is -2.11. The Bertz CT molecular complexity index is 923. The van der Waals surface area contributed by atoms with Crippen LogP contribution in [-0.4, -0.2) is 22.1 Å². The van der Waals surface area contributed by atoms with E-state index >= 15 is 0 Å². The molecule has 0 aliphatic heterocycles. The van der Waals surface area contributed by atoms with Crippen LogP contribution in [0.3, 0.4) is 0 Å². The first-order valence-electron chi connectivity index (χ1n) is 7.51. The highest BCUT2D eigenvalue weighted by molar-refractivity contribution is 6.32. The lowest BCUT2D eigenvalue weighted by molar-refractivity contribution is -0.137. The summed E-state index contributed by atoms with van der Waals surface area (Å²) in [7, 11) is 1.56. The molecule has 3 aromatic rings. The van der Waals surface area contributed by atoms with Crippen LogP contribution in [0.4, 0.5) is 13.2 Å². The van der Waals surface area contributed by atoms with Crippen LogP contribution < -0.4 is 10.5 Å². The number of hydrogen-bond donors (Lipinski definition) is 1. The van der Waals surface area contributed by atoms with Crippen LogP contribution in [0, 0.1) is 0 Å². The van der Waals surface area contributed by atoms with Crippen molar-refractivity contribution >= 4 is 11.6 Å². The van der Waals surface area contributed by atoms with Crippen molar-refractivity contribution in [1.82, 2.24) is 15.0 Å².